The van der Waals surface area contributed by atoms with Crippen LogP contribution in [0.25, 0.3) is 0 Å². The smallest absolute Gasteiger partial charge is 0.190 e. The van der Waals surface area contributed by atoms with Gasteiger partial charge in [-0.3, -0.25) is 0 Å². The zero-order valence-electron chi connectivity index (χ0n) is 5.89. The first-order valence-electron chi connectivity index (χ1n) is 2.99. The monoisotopic (exact) mass is 164 g/mol. The molecule has 0 unspecified atom stereocenters. The maximum absolute atomic E-state index is 9.91. The Kier molecular flexibility index (Phi) is 2.18. The lowest BCUT2D eigenvalue weighted by Gasteiger charge is -1.93. The van der Waals surface area contributed by atoms with E-state index < -0.39 is 5.03 Å². The number of hydrogen-bond acceptors (Lipinski definition) is 4. The second-order valence-corrected chi connectivity index (χ2v) is 1.91. The fraction of sp³-hybridized carbons (Fsp3) is 0. The summed E-state index contributed by atoms with van der Waals surface area (Å²) in [6.45, 7) is 0. The third-order valence-corrected chi connectivity index (χ3v) is 1.10. The average Bonchev–Trinajstić information content (AvgIpc) is 2.05. The van der Waals surface area contributed by atoms with E-state index in [4.69, 9.17) is 5.26 Å². The normalized spacial score (nSPS) is 8.58. The number of hydrazine groups is 1. The van der Waals surface area contributed by atoms with Crippen molar-refractivity contribution in [3.05, 3.63) is 34.0 Å². The molecule has 0 bridgehead atoms. The molecule has 0 saturated carbocycles. The summed E-state index contributed by atoms with van der Waals surface area (Å²) in [6.07, 6.45) is 1.26. The minimum Gasteiger partial charge on any atom is -0.234 e. The predicted molar refractivity (Wildman–Crippen MR) is 39.6 cm³/mol. The number of aromatic nitrogens is 1. The van der Waals surface area contributed by atoms with Crippen molar-refractivity contribution < 1.29 is 5.03 Å². The van der Waals surface area contributed by atoms with Crippen LogP contribution < -0.4 is 5.43 Å². The van der Waals surface area contributed by atoms with E-state index in [0.717, 1.165) is 0 Å². The molecule has 6 nitrogen and oxygen atoms in total. The Morgan fingerprint density at radius 3 is 2.83 bits per heavy atom. The maximum atomic E-state index is 9.91. The second-order valence-electron chi connectivity index (χ2n) is 1.91. The first-order chi connectivity index (χ1) is 5.72. The zero-order valence-corrected chi connectivity index (χ0v) is 5.89. The fourth-order valence-electron chi connectivity index (χ4n) is 0.620. The van der Waals surface area contributed by atoms with Crippen molar-refractivity contribution in [3.63, 3.8) is 0 Å². The van der Waals surface area contributed by atoms with Gasteiger partial charge in [-0.2, -0.15) is 5.26 Å². The summed E-state index contributed by atoms with van der Waals surface area (Å²) in [4.78, 5) is 13.5. The summed E-state index contributed by atoms with van der Waals surface area (Å²) >= 11 is 0. The average molecular weight is 164 g/mol. The summed E-state index contributed by atoms with van der Waals surface area (Å²) in [6, 6.07) is 4.65. The van der Waals surface area contributed by atoms with Gasteiger partial charge in [0.05, 0.1) is 5.56 Å². The molecule has 1 N–H and O–H groups in total. The molecule has 0 aliphatic carbocycles. The van der Waals surface area contributed by atoms with Crippen molar-refractivity contribution in [2.24, 2.45) is 0 Å². The molecule has 60 valence electrons. The Hall–Kier alpha value is -2.16. The standard InChI is InChI=1S/C6H4N4O2/c7-3-5-1-2-6(8-4-5)9-10(11)12/h1-2,4H,(H,8,9). The van der Waals surface area contributed by atoms with Gasteiger partial charge in [0.15, 0.2) is 10.9 Å². The van der Waals surface area contributed by atoms with Gasteiger partial charge in [0, 0.05) is 6.20 Å². The van der Waals surface area contributed by atoms with Crippen LogP contribution in [0.3, 0.4) is 0 Å². The fourth-order valence-corrected chi connectivity index (χ4v) is 0.620. The van der Waals surface area contributed by atoms with Crippen LogP contribution >= 0.6 is 0 Å². The van der Waals surface area contributed by atoms with Gasteiger partial charge >= 0.3 is 0 Å². The molecule has 0 aliphatic rings. The summed E-state index contributed by atoms with van der Waals surface area (Å²) in [5, 5.41) is 17.6. The highest BCUT2D eigenvalue weighted by Gasteiger charge is 1.99. The van der Waals surface area contributed by atoms with E-state index in [1.807, 2.05) is 11.5 Å². The molecule has 0 spiro atoms. The van der Waals surface area contributed by atoms with E-state index >= 15 is 0 Å². The first-order valence-corrected chi connectivity index (χ1v) is 2.99. The van der Waals surface area contributed by atoms with Crippen molar-refractivity contribution in [3.8, 4) is 6.07 Å². The molecule has 0 aromatic carbocycles. The third kappa shape index (κ3) is 1.91. The second kappa shape index (κ2) is 3.30. The van der Waals surface area contributed by atoms with Crippen molar-refractivity contribution >= 4 is 5.82 Å². The van der Waals surface area contributed by atoms with E-state index in [-0.39, 0.29) is 5.82 Å². The van der Waals surface area contributed by atoms with E-state index in [9.17, 15) is 10.1 Å². The van der Waals surface area contributed by atoms with E-state index in [1.54, 1.807) is 0 Å². The van der Waals surface area contributed by atoms with Crippen molar-refractivity contribution in [1.29, 1.82) is 5.26 Å². The predicted octanol–water partition coefficient (Wildman–Crippen LogP) is 0.557. The van der Waals surface area contributed by atoms with Crippen LogP contribution in [-0.4, -0.2) is 10.0 Å². The van der Waals surface area contributed by atoms with Gasteiger partial charge < -0.3 is 0 Å². The molecule has 12 heavy (non-hydrogen) atoms. The highest BCUT2D eigenvalue weighted by Crippen LogP contribution is 2.02. The number of nitrogens with one attached hydrogen (secondary N) is 1. The Bertz CT molecular complexity index is 326. The minimum atomic E-state index is -0.714. The van der Waals surface area contributed by atoms with Crippen LogP contribution in [0.4, 0.5) is 5.82 Å². The topological polar surface area (TPSA) is 91.8 Å². The van der Waals surface area contributed by atoms with Crippen LogP contribution in [0.5, 0.6) is 0 Å². The lowest BCUT2D eigenvalue weighted by atomic mass is 10.3. The Morgan fingerprint density at radius 2 is 2.42 bits per heavy atom. The number of nitrogens with zero attached hydrogens (tertiary/aromatic N) is 3. The molecule has 0 saturated heterocycles. The van der Waals surface area contributed by atoms with Gasteiger partial charge in [-0.1, -0.05) is 5.43 Å². The van der Waals surface area contributed by atoms with Crippen LogP contribution in [0, 0.1) is 21.4 Å². The Labute approximate surface area is 67.6 Å². The van der Waals surface area contributed by atoms with Gasteiger partial charge in [0.25, 0.3) is 0 Å². The highest BCUT2D eigenvalue weighted by atomic mass is 16.7. The van der Waals surface area contributed by atoms with Crippen molar-refractivity contribution in [2.45, 2.75) is 0 Å². The number of nitro groups is 1. The highest BCUT2D eigenvalue weighted by molar-refractivity contribution is 5.36. The molecule has 6 heteroatoms. The largest absolute Gasteiger partial charge is 0.234 e. The van der Waals surface area contributed by atoms with Gasteiger partial charge in [0.2, 0.25) is 0 Å². The molecule has 0 amide bonds. The Balaban J connectivity index is 2.80. The van der Waals surface area contributed by atoms with Crippen LogP contribution in [-0.2, 0) is 0 Å². The molecular formula is C6H4N4O2. The molecule has 0 fully saturated rings. The molecule has 1 aromatic heterocycles. The summed E-state index contributed by atoms with van der Waals surface area (Å²) in [7, 11) is 0. The zero-order chi connectivity index (χ0) is 8.97. The van der Waals surface area contributed by atoms with E-state index in [0.29, 0.717) is 5.56 Å². The molecule has 0 atom stereocenters. The molecule has 0 aliphatic heterocycles. The molecule has 1 rings (SSSR count). The van der Waals surface area contributed by atoms with Crippen LogP contribution in [0.1, 0.15) is 5.56 Å². The molecule has 0 radical (unpaired) electrons. The van der Waals surface area contributed by atoms with Gasteiger partial charge in [-0.05, 0) is 12.1 Å². The number of nitriles is 1. The van der Waals surface area contributed by atoms with Crippen LogP contribution in [0.2, 0.25) is 0 Å². The number of rotatable bonds is 2. The number of pyridine rings is 1. The van der Waals surface area contributed by atoms with Gasteiger partial charge in [0.1, 0.15) is 6.07 Å². The van der Waals surface area contributed by atoms with E-state index in [2.05, 4.69) is 4.98 Å². The molecule has 1 aromatic rings. The minimum absolute atomic E-state index is 0.110. The lowest BCUT2D eigenvalue weighted by Crippen LogP contribution is -2.08. The van der Waals surface area contributed by atoms with Crippen molar-refractivity contribution in [2.75, 3.05) is 5.43 Å². The quantitative estimate of drug-likeness (QED) is 0.509. The lowest BCUT2D eigenvalue weighted by molar-refractivity contribution is -0.445. The SMILES string of the molecule is N#Cc1ccc(N[N+](=O)[O-])nc1. The molecular weight excluding hydrogens is 160 g/mol. The van der Waals surface area contributed by atoms with E-state index in [1.165, 1.54) is 18.3 Å². The maximum Gasteiger partial charge on any atom is 0.190 e. The Morgan fingerprint density at radius 1 is 1.67 bits per heavy atom. The summed E-state index contributed by atoms with van der Waals surface area (Å²) in [5.41, 5.74) is 2.22. The summed E-state index contributed by atoms with van der Waals surface area (Å²) < 4.78 is 0. The van der Waals surface area contributed by atoms with Crippen LogP contribution in [0.15, 0.2) is 18.3 Å². The number of hydrogen-bond donors (Lipinski definition) is 1. The number of anilines is 1. The summed E-state index contributed by atoms with van der Waals surface area (Å²) in [5.74, 6) is 0.110. The first kappa shape index (κ1) is 7.94. The van der Waals surface area contributed by atoms with Gasteiger partial charge in [-0.25, -0.2) is 15.1 Å². The molecule has 1 heterocycles. The third-order valence-electron chi connectivity index (χ3n) is 1.10. The van der Waals surface area contributed by atoms with Gasteiger partial charge in [-0.15, -0.1) is 0 Å². The van der Waals surface area contributed by atoms with Crippen molar-refractivity contribution in [1.82, 2.24) is 4.98 Å².